The first kappa shape index (κ1) is 17.2. The van der Waals surface area contributed by atoms with E-state index in [1.54, 1.807) is 20.0 Å². The quantitative estimate of drug-likeness (QED) is 0.475. The van der Waals surface area contributed by atoms with Crippen LogP contribution in [0.5, 0.6) is 0 Å². The minimum atomic E-state index is -0.774. The van der Waals surface area contributed by atoms with Crippen molar-refractivity contribution in [3.63, 3.8) is 0 Å². The Kier molecular flexibility index (Phi) is 5.20. The van der Waals surface area contributed by atoms with E-state index in [0.29, 0.717) is 0 Å². The zero-order chi connectivity index (χ0) is 17.0. The van der Waals surface area contributed by atoms with E-state index in [-0.39, 0.29) is 18.3 Å². The van der Waals surface area contributed by atoms with Crippen LogP contribution in [0, 0.1) is 0 Å². The van der Waals surface area contributed by atoms with Crippen molar-refractivity contribution < 1.29 is 9.63 Å². The van der Waals surface area contributed by atoms with Gasteiger partial charge in [0, 0.05) is 28.5 Å². The number of pyridine rings is 1. The van der Waals surface area contributed by atoms with Crippen LogP contribution < -0.4 is 11.1 Å². The molecule has 2 aromatic rings. The summed E-state index contributed by atoms with van der Waals surface area (Å²) in [6, 6.07) is 7.78. The van der Waals surface area contributed by atoms with E-state index in [0.717, 1.165) is 20.9 Å². The Hall–Kier alpha value is -2.15. The monoisotopic (exact) mass is 378 g/mol. The number of nitrogens with one attached hydrogen (secondary N) is 1. The van der Waals surface area contributed by atoms with Gasteiger partial charge in [0.05, 0.1) is 11.1 Å². The average Bonchev–Trinajstić information content (AvgIpc) is 2.45. The summed E-state index contributed by atoms with van der Waals surface area (Å²) in [7, 11) is 0. The number of oxime groups is 1. The van der Waals surface area contributed by atoms with Gasteiger partial charge in [-0.15, -0.1) is 0 Å². The van der Waals surface area contributed by atoms with Crippen molar-refractivity contribution in [1.82, 2.24) is 10.3 Å². The van der Waals surface area contributed by atoms with Crippen LogP contribution in [0.1, 0.15) is 26.3 Å². The van der Waals surface area contributed by atoms with E-state index in [2.05, 4.69) is 31.4 Å². The van der Waals surface area contributed by atoms with Gasteiger partial charge < -0.3 is 15.9 Å². The Balaban J connectivity index is 2.15. The molecular formula is C16H19BrN4O2. The van der Waals surface area contributed by atoms with Crippen LogP contribution in [0.15, 0.2) is 40.1 Å². The van der Waals surface area contributed by atoms with Crippen molar-refractivity contribution in [2.24, 2.45) is 10.9 Å². The summed E-state index contributed by atoms with van der Waals surface area (Å²) in [6.07, 6.45) is 1.73. The zero-order valence-corrected chi connectivity index (χ0v) is 14.8. The van der Waals surface area contributed by atoms with E-state index < -0.39 is 5.54 Å². The van der Waals surface area contributed by atoms with Crippen LogP contribution in [0.3, 0.4) is 0 Å². The summed E-state index contributed by atoms with van der Waals surface area (Å²) >= 11 is 3.47. The van der Waals surface area contributed by atoms with Crippen molar-refractivity contribution >= 4 is 38.6 Å². The molecule has 1 aromatic heterocycles. The van der Waals surface area contributed by atoms with E-state index in [9.17, 15) is 4.79 Å². The summed E-state index contributed by atoms with van der Waals surface area (Å²) in [4.78, 5) is 20.9. The zero-order valence-electron chi connectivity index (χ0n) is 13.3. The molecule has 1 heterocycles. The highest BCUT2D eigenvalue weighted by atomic mass is 79.9. The first-order valence-electron chi connectivity index (χ1n) is 7.07. The topological polar surface area (TPSA) is 89.6 Å². The fraction of sp³-hybridized carbons (Fsp3) is 0.312. The number of carbonyl (C=O) groups is 1. The summed E-state index contributed by atoms with van der Waals surface area (Å²) in [5, 5.41) is 7.64. The number of hydrogen-bond donors (Lipinski definition) is 2. The third kappa shape index (κ3) is 4.41. The SMILES string of the molecule is CC(=O)NC(C)(C)C(N)=NOCc1cc(Br)cc2cccnc12. The highest BCUT2D eigenvalue weighted by Gasteiger charge is 2.24. The van der Waals surface area contributed by atoms with Gasteiger partial charge in [-0.25, -0.2) is 0 Å². The average molecular weight is 379 g/mol. The lowest BCUT2D eigenvalue weighted by Gasteiger charge is -2.24. The Morgan fingerprint density at radius 1 is 1.48 bits per heavy atom. The summed E-state index contributed by atoms with van der Waals surface area (Å²) in [5.74, 6) is 0.00953. The molecule has 0 saturated heterocycles. The fourth-order valence-electron chi connectivity index (χ4n) is 2.13. The second-order valence-corrected chi connectivity index (χ2v) is 6.61. The summed E-state index contributed by atoms with van der Waals surface area (Å²) in [5.41, 5.74) is 6.86. The third-order valence-electron chi connectivity index (χ3n) is 3.26. The van der Waals surface area contributed by atoms with Gasteiger partial charge in [-0.3, -0.25) is 9.78 Å². The number of rotatable bonds is 5. The highest BCUT2D eigenvalue weighted by Crippen LogP contribution is 2.23. The summed E-state index contributed by atoms with van der Waals surface area (Å²) < 4.78 is 0.937. The summed E-state index contributed by atoms with van der Waals surface area (Å²) in [6.45, 7) is 5.16. The molecule has 7 heteroatoms. The van der Waals surface area contributed by atoms with Crippen LogP contribution in [0.4, 0.5) is 0 Å². The van der Waals surface area contributed by atoms with E-state index >= 15 is 0 Å². The number of fused-ring (bicyclic) bond motifs is 1. The first-order valence-corrected chi connectivity index (χ1v) is 7.87. The predicted molar refractivity (Wildman–Crippen MR) is 93.8 cm³/mol. The largest absolute Gasteiger partial charge is 0.389 e. The van der Waals surface area contributed by atoms with Gasteiger partial charge in [-0.05, 0) is 32.0 Å². The maximum Gasteiger partial charge on any atom is 0.217 e. The molecule has 0 aliphatic carbocycles. The number of hydrogen-bond acceptors (Lipinski definition) is 4. The van der Waals surface area contributed by atoms with E-state index in [1.807, 2.05) is 24.3 Å². The number of aromatic nitrogens is 1. The molecule has 0 radical (unpaired) electrons. The van der Waals surface area contributed by atoms with Crippen LogP contribution in [-0.2, 0) is 16.2 Å². The Morgan fingerprint density at radius 2 is 2.22 bits per heavy atom. The second kappa shape index (κ2) is 6.95. The molecule has 0 saturated carbocycles. The number of benzene rings is 1. The molecule has 0 aliphatic heterocycles. The number of amidine groups is 1. The van der Waals surface area contributed by atoms with Crippen LogP contribution >= 0.6 is 15.9 Å². The van der Waals surface area contributed by atoms with Crippen molar-refractivity contribution in [2.45, 2.75) is 32.9 Å². The maximum atomic E-state index is 11.2. The van der Waals surface area contributed by atoms with Crippen molar-refractivity contribution in [3.8, 4) is 0 Å². The van der Waals surface area contributed by atoms with Crippen LogP contribution in [0.2, 0.25) is 0 Å². The van der Waals surface area contributed by atoms with Gasteiger partial charge in [0.1, 0.15) is 6.61 Å². The standard InChI is InChI=1S/C16H19BrN4O2/c1-10(22)20-16(2,3)15(18)21-23-9-12-8-13(17)7-11-5-4-6-19-14(11)12/h4-8H,9H2,1-3H3,(H2,18,21)(H,20,22). The third-order valence-corrected chi connectivity index (χ3v) is 3.72. The lowest BCUT2D eigenvalue weighted by molar-refractivity contribution is -0.119. The molecule has 122 valence electrons. The maximum absolute atomic E-state index is 11.2. The number of halogens is 1. The molecule has 2 rings (SSSR count). The lowest BCUT2D eigenvalue weighted by atomic mass is 10.0. The van der Waals surface area contributed by atoms with Crippen LogP contribution in [0.25, 0.3) is 10.9 Å². The van der Waals surface area contributed by atoms with Gasteiger partial charge in [0.2, 0.25) is 5.91 Å². The lowest BCUT2D eigenvalue weighted by Crippen LogP contribution is -2.52. The first-order chi connectivity index (χ1) is 10.8. The molecule has 23 heavy (non-hydrogen) atoms. The number of amides is 1. The highest BCUT2D eigenvalue weighted by molar-refractivity contribution is 9.10. The van der Waals surface area contributed by atoms with E-state index in [4.69, 9.17) is 10.6 Å². The van der Waals surface area contributed by atoms with Gasteiger partial charge in [0.15, 0.2) is 5.84 Å². The molecule has 6 nitrogen and oxygen atoms in total. The van der Waals surface area contributed by atoms with Gasteiger partial charge >= 0.3 is 0 Å². The normalized spacial score (nSPS) is 12.3. The molecule has 3 N–H and O–H groups in total. The molecule has 0 spiro atoms. The molecule has 0 unspecified atom stereocenters. The van der Waals surface area contributed by atoms with E-state index in [1.165, 1.54) is 6.92 Å². The van der Waals surface area contributed by atoms with Crippen molar-refractivity contribution in [2.75, 3.05) is 0 Å². The fourth-order valence-corrected chi connectivity index (χ4v) is 2.65. The van der Waals surface area contributed by atoms with Crippen LogP contribution in [-0.4, -0.2) is 22.3 Å². The Bertz CT molecular complexity index is 759. The molecular weight excluding hydrogens is 360 g/mol. The predicted octanol–water partition coefficient (Wildman–Crippen LogP) is 2.70. The Morgan fingerprint density at radius 3 is 2.91 bits per heavy atom. The number of nitrogens with zero attached hydrogens (tertiary/aromatic N) is 2. The number of nitrogens with two attached hydrogens (primary N) is 1. The van der Waals surface area contributed by atoms with Gasteiger partial charge in [-0.1, -0.05) is 27.2 Å². The minimum absolute atomic E-state index is 0.185. The molecule has 0 fully saturated rings. The smallest absolute Gasteiger partial charge is 0.217 e. The molecule has 0 atom stereocenters. The molecule has 1 amide bonds. The van der Waals surface area contributed by atoms with Crippen molar-refractivity contribution in [1.29, 1.82) is 0 Å². The number of carbonyl (C=O) groups excluding carboxylic acids is 1. The van der Waals surface area contributed by atoms with Gasteiger partial charge in [0.25, 0.3) is 0 Å². The van der Waals surface area contributed by atoms with Gasteiger partial charge in [-0.2, -0.15) is 0 Å². The Labute approximate surface area is 143 Å². The van der Waals surface area contributed by atoms with Crippen molar-refractivity contribution in [3.05, 3.63) is 40.5 Å². The molecule has 0 aliphatic rings. The molecule has 0 bridgehead atoms. The second-order valence-electron chi connectivity index (χ2n) is 5.70. The molecule has 1 aromatic carbocycles. The minimum Gasteiger partial charge on any atom is -0.389 e.